The fraction of sp³-hybridized carbons (Fsp3) is 0.143. The van der Waals surface area contributed by atoms with Crippen molar-refractivity contribution in [2.24, 2.45) is 5.73 Å². The molecule has 1 unspecified atom stereocenters. The van der Waals surface area contributed by atoms with Gasteiger partial charge in [-0.2, -0.15) is 0 Å². The Morgan fingerprint density at radius 3 is 2.36 bits per heavy atom. The molecular weight excluding hydrogens is 216 g/mol. The standard InChI is InChI=1S/C7H6BrF2N/c8-7(11)4-1-2-5(9)6(10)3-4/h1-3,7H,11H2. The summed E-state index contributed by atoms with van der Waals surface area (Å²) in [6.45, 7) is 0. The van der Waals surface area contributed by atoms with E-state index in [1.807, 2.05) is 0 Å². The van der Waals surface area contributed by atoms with E-state index in [0.29, 0.717) is 5.56 Å². The van der Waals surface area contributed by atoms with Crippen LogP contribution in [0.15, 0.2) is 18.2 Å². The monoisotopic (exact) mass is 221 g/mol. The Bertz CT molecular complexity index is 263. The van der Waals surface area contributed by atoms with Crippen LogP contribution in [0.3, 0.4) is 0 Å². The fourth-order valence-electron chi connectivity index (χ4n) is 0.684. The Morgan fingerprint density at radius 2 is 1.91 bits per heavy atom. The zero-order valence-electron chi connectivity index (χ0n) is 5.52. The molecule has 0 aliphatic rings. The van der Waals surface area contributed by atoms with Gasteiger partial charge in [-0.05, 0) is 17.7 Å². The summed E-state index contributed by atoms with van der Waals surface area (Å²) in [4.78, 5) is -0.447. The summed E-state index contributed by atoms with van der Waals surface area (Å²) in [5.74, 6) is -1.74. The van der Waals surface area contributed by atoms with E-state index in [1.165, 1.54) is 6.07 Å². The van der Waals surface area contributed by atoms with Crippen LogP contribution in [-0.2, 0) is 0 Å². The maximum absolute atomic E-state index is 12.5. The van der Waals surface area contributed by atoms with Crippen LogP contribution < -0.4 is 5.73 Å². The number of hydrogen-bond donors (Lipinski definition) is 1. The normalized spacial score (nSPS) is 13.1. The SMILES string of the molecule is NC(Br)c1ccc(F)c(F)c1. The molecule has 0 radical (unpaired) electrons. The molecule has 0 bridgehead atoms. The molecule has 1 nitrogen and oxygen atoms in total. The van der Waals surface area contributed by atoms with E-state index in [0.717, 1.165) is 12.1 Å². The zero-order chi connectivity index (χ0) is 8.43. The molecule has 1 aromatic carbocycles. The van der Waals surface area contributed by atoms with Crippen LogP contribution in [-0.4, -0.2) is 0 Å². The van der Waals surface area contributed by atoms with Gasteiger partial charge in [0.2, 0.25) is 0 Å². The second kappa shape index (κ2) is 3.28. The molecule has 60 valence electrons. The molecule has 0 aliphatic carbocycles. The van der Waals surface area contributed by atoms with Crippen LogP contribution in [0, 0.1) is 11.6 Å². The minimum Gasteiger partial charge on any atom is -0.315 e. The molecule has 1 aromatic rings. The lowest BCUT2D eigenvalue weighted by Crippen LogP contribution is -2.02. The maximum atomic E-state index is 12.5. The smallest absolute Gasteiger partial charge is 0.159 e. The summed E-state index contributed by atoms with van der Waals surface area (Å²) in [5.41, 5.74) is 5.88. The van der Waals surface area contributed by atoms with Crippen molar-refractivity contribution in [3.8, 4) is 0 Å². The van der Waals surface area contributed by atoms with Crippen molar-refractivity contribution in [2.75, 3.05) is 0 Å². The predicted molar refractivity (Wildman–Crippen MR) is 42.2 cm³/mol. The summed E-state index contributed by atoms with van der Waals surface area (Å²) in [5, 5.41) is 0. The molecule has 1 atom stereocenters. The molecule has 0 spiro atoms. The topological polar surface area (TPSA) is 26.0 Å². The molecular formula is C7H6BrF2N. The lowest BCUT2D eigenvalue weighted by Gasteiger charge is -2.02. The van der Waals surface area contributed by atoms with Crippen LogP contribution >= 0.6 is 15.9 Å². The minimum atomic E-state index is -0.877. The first-order valence-corrected chi connectivity index (χ1v) is 3.87. The first-order valence-electron chi connectivity index (χ1n) is 2.96. The third-order valence-electron chi connectivity index (χ3n) is 1.26. The average molecular weight is 222 g/mol. The van der Waals surface area contributed by atoms with Crippen molar-refractivity contribution in [3.05, 3.63) is 35.4 Å². The van der Waals surface area contributed by atoms with E-state index in [9.17, 15) is 8.78 Å². The Hall–Kier alpha value is -0.480. The Balaban J connectivity index is 3.05. The van der Waals surface area contributed by atoms with Crippen molar-refractivity contribution in [3.63, 3.8) is 0 Å². The van der Waals surface area contributed by atoms with Gasteiger partial charge < -0.3 is 5.73 Å². The van der Waals surface area contributed by atoms with E-state index in [1.54, 1.807) is 0 Å². The van der Waals surface area contributed by atoms with Gasteiger partial charge in [-0.25, -0.2) is 8.78 Å². The Morgan fingerprint density at radius 1 is 1.27 bits per heavy atom. The maximum Gasteiger partial charge on any atom is 0.159 e. The van der Waals surface area contributed by atoms with Crippen LogP contribution in [0.5, 0.6) is 0 Å². The molecule has 4 heteroatoms. The van der Waals surface area contributed by atoms with Gasteiger partial charge in [0.15, 0.2) is 11.6 Å². The van der Waals surface area contributed by atoms with Crippen LogP contribution in [0.1, 0.15) is 10.5 Å². The molecule has 0 saturated carbocycles. The van der Waals surface area contributed by atoms with Crippen molar-refractivity contribution in [1.29, 1.82) is 0 Å². The highest BCUT2D eigenvalue weighted by molar-refractivity contribution is 9.09. The van der Waals surface area contributed by atoms with Gasteiger partial charge in [-0.1, -0.05) is 22.0 Å². The highest BCUT2D eigenvalue weighted by Crippen LogP contribution is 2.18. The van der Waals surface area contributed by atoms with Crippen molar-refractivity contribution in [1.82, 2.24) is 0 Å². The first-order chi connectivity index (χ1) is 5.11. The molecule has 0 heterocycles. The van der Waals surface area contributed by atoms with E-state index in [4.69, 9.17) is 5.73 Å². The van der Waals surface area contributed by atoms with Gasteiger partial charge in [-0.15, -0.1) is 0 Å². The number of nitrogens with two attached hydrogens (primary N) is 1. The molecule has 0 aliphatic heterocycles. The third kappa shape index (κ3) is 1.97. The Labute approximate surface area is 71.3 Å². The average Bonchev–Trinajstić information content (AvgIpc) is 1.94. The fourth-order valence-corrected chi connectivity index (χ4v) is 0.969. The van der Waals surface area contributed by atoms with Crippen LogP contribution in [0.4, 0.5) is 8.78 Å². The molecule has 1 rings (SSSR count). The molecule has 11 heavy (non-hydrogen) atoms. The van der Waals surface area contributed by atoms with Crippen LogP contribution in [0.25, 0.3) is 0 Å². The highest BCUT2D eigenvalue weighted by atomic mass is 79.9. The van der Waals surface area contributed by atoms with Gasteiger partial charge >= 0.3 is 0 Å². The molecule has 2 N–H and O–H groups in total. The minimum absolute atomic E-state index is 0.447. The van der Waals surface area contributed by atoms with E-state index in [2.05, 4.69) is 15.9 Å². The second-order valence-corrected chi connectivity index (χ2v) is 3.06. The van der Waals surface area contributed by atoms with E-state index < -0.39 is 16.6 Å². The van der Waals surface area contributed by atoms with E-state index in [-0.39, 0.29) is 0 Å². The summed E-state index contributed by atoms with van der Waals surface area (Å²) < 4.78 is 24.8. The van der Waals surface area contributed by atoms with E-state index >= 15 is 0 Å². The quantitative estimate of drug-likeness (QED) is 0.572. The molecule has 0 amide bonds. The van der Waals surface area contributed by atoms with Crippen molar-refractivity contribution >= 4 is 15.9 Å². The number of alkyl halides is 1. The first kappa shape index (κ1) is 8.62. The summed E-state index contributed by atoms with van der Waals surface area (Å²) in [6, 6.07) is 3.54. The molecule has 0 saturated heterocycles. The van der Waals surface area contributed by atoms with Gasteiger partial charge in [0.25, 0.3) is 0 Å². The van der Waals surface area contributed by atoms with Gasteiger partial charge in [0.1, 0.15) is 0 Å². The number of benzene rings is 1. The van der Waals surface area contributed by atoms with Crippen molar-refractivity contribution in [2.45, 2.75) is 4.95 Å². The van der Waals surface area contributed by atoms with Gasteiger partial charge in [-0.3, -0.25) is 0 Å². The zero-order valence-corrected chi connectivity index (χ0v) is 7.11. The summed E-state index contributed by atoms with van der Waals surface area (Å²) >= 11 is 3.03. The van der Waals surface area contributed by atoms with Gasteiger partial charge in [0.05, 0.1) is 4.95 Å². The predicted octanol–water partition coefficient (Wildman–Crippen LogP) is 2.32. The summed E-state index contributed by atoms with van der Waals surface area (Å²) in [7, 11) is 0. The molecule has 0 aromatic heterocycles. The summed E-state index contributed by atoms with van der Waals surface area (Å²) in [6.07, 6.45) is 0. The number of halogens is 3. The number of rotatable bonds is 1. The third-order valence-corrected chi connectivity index (χ3v) is 1.79. The lowest BCUT2D eigenvalue weighted by molar-refractivity contribution is 0.507. The highest BCUT2D eigenvalue weighted by Gasteiger charge is 2.05. The van der Waals surface area contributed by atoms with Gasteiger partial charge in [0, 0.05) is 0 Å². The largest absolute Gasteiger partial charge is 0.315 e. The van der Waals surface area contributed by atoms with Crippen molar-refractivity contribution < 1.29 is 8.78 Å². The number of hydrogen-bond acceptors (Lipinski definition) is 1. The lowest BCUT2D eigenvalue weighted by atomic mass is 10.2. The second-order valence-electron chi connectivity index (χ2n) is 2.08. The Kier molecular flexibility index (Phi) is 2.57. The van der Waals surface area contributed by atoms with Crippen LogP contribution in [0.2, 0.25) is 0 Å². The molecule has 0 fully saturated rings.